The molecule has 0 aliphatic heterocycles. The summed E-state index contributed by atoms with van der Waals surface area (Å²) >= 11 is 0. The number of rotatable bonds is 10. The Balaban J connectivity index is 1.81. The molecular weight excluding hydrogens is 365 g/mol. The van der Waals surface area contributed by atoms with Gasteiger partial charge >= 0.3 is 0 Å². The van der Waals surface area contributed by atoms with Crippen molar-refractivity contribution >= 4 is 11.8 Å². The molecule has 1 aromatic carbocycles. The van der Waals surface area contributed by atoms with E-state index in [9.17, 15) is 14.0 Å². The molecule has 2 amide bonds. The van der Waals surface area contributed by atoms with Crippen LogP contribution in [-0.2, 0) is 16.1 Å². The van der Waals surface area contributed by atoms with Gasteiger partial charge in [0.25, 0.3) is 11.8 Å². The lowest BCUT2D eigenvalue weighted by Crippen LogP contribution is -2.32. The van der Waals surface area contributed by atoms with Crippen molar-refractivity contribution in [2.75, 3.05) is 26.8 Å². The molecule has 150 valence electrons. The minimum atomic E-state index is -0.373. The number of ether oxygens (including phenoxy) is 2. The smallest absolute Gasteiger partial charge is 0.269 e. The van der Waals surface area contributed by atoms with Crippen molar-refractivity contribution in [2.45, 2.75) is 19.6 Å². The van der Waals surface area contributed by atoms with E-state index >= 15 is 0 Å². The summed E-state index contributed by atoms with van der Waals surface area (Å²) in [6, 6.07) is 9.01. The van der Waals surface area contributed by atoms with Crippen LogP contribution in [0.25, 0.3) is 0 Å². The number of methoxy groups -OCH3 is 1. The molecule has 7 nitrogen and oxygen atoms in total. The summed E-state index contributed by atoms with van der Waals surface area (Å²) in [6.07, 6.45) is 1.17. The lowest BCUT2D eigenvalue weighted by atomic mass is 10.2. The minimum absolute atomic E-state index is 0.157. The van der Waals surface area contributed by atoms with Gasteiger partial charge in [-0.2, -0.15) is 0 Å². The lowest BCUT2D eigenvalue weighted by molar-refractivity contribution is 0.0509. The van der Waals surface area contributed by atoms with Crippen LogP contribution in [0.4, 0.5) is 4.39 Å². The van der Waals surface area contributed by atoms with Crippen molar-refractivity contribution in [1.82, 2.24) is 15.6 Å². The normalized spacial score (nSPS) is 11.7. The van der Waals surface area contributed by atoms with Crippen LogP contribution in [0, 0.1) is 5.82 Å². The first kappa shape index (κ1) is 21.5. The number of nitrogens with one attached hydrogen (secondary N) is 2. The molecule has 1 aromatic heterocycles. The molecule has 1 heterocycles. The number of amides is 2. The molecule has 8 heteroatoms. The second kappa shape index (κ2) is 11.1. The highest BCUT2D eigenvalue weighted by atomic mass is 19.1. The fraction of sp³-hybridized carbons (Fsp3) is 0.350. The van der Waals surface area contributed by atoms with Gasteiger partial charge < -0.3 is 20.1 Å². The van der Waals surface area contributed by atoms with Gasteiger partial charge in [-0.1, -0.05) is 12.1 Å². The van der Waals surface area contributed by atoms with E-state index in [4.69, 9.17) is 9.47 Å². The predicted molar refractivity (Wildman–Crippen MR) is 101 cm³/mol. The monoisotopic (exact) mass is 389 g/mol. The SMILES string of the molecule is COCCNC(=O)c1cc(C(=O)NCC(C)OCc2ccc(F)cc2)ccn1. The Morgan fingerprint density at radius 2 is 1.89 bits per heavy atom. The zero-order valence-electron chi connectivity index (χ0n) is 15.9. The highest BCUT2D eigenvalue weighted by Crippen LogP contribution is 2.06. The minimum Gasteiger partial charge on any atom is -0.383 e. The Morgan fingerprint density at radius 3 is 2.61 bits per heavy atom. The average molecular weight is 389 g/mol. The van der Waals surface area contributed by atoms with Gasteiger partial charge in [0.2, 0.25) is 0 Å². The topological polar surface area (TPSA) is 89.5 Å². The second-order valence-electron chi connectivity index (χ2n) is 6.14. The molecule has 0 bridgehead atoms. The van der Waals surface area contributed by atoms with E-state index in [1.165, 1.54) is 30.5 Å². The van der Waals surface area contributed by atoms with E-state index in [1.54, 1.807) is 19.2 Å². The number of benzene rings is 1. The van der Waals surface area contributed by atoms with Crippen molar-refractivity contribution < 1.29 is 23.5 Å². The van der Waals surface area contributed by atoms with Crippen molar-refractivity contribution in [3.63, 3.8) is 0 Å². The van der Waals surface area contributed by atoms with E-state index in [0.29, 0.717) is 25.3 Å². The number of hydrogen-bond acceptors (Lipinski definition) is 5. The molecule has 1 unspecified atom stereocenters. The molecule has 0 saturated heterocycles. The number of pyridine rings is 1. The fourth-order valence-electron chi connectivity index (χ4n) is 2.27. The van der Waals surface area contributed by atoms with E-state index in [-0.39, 0.29) is 36.0 Å². The van der Waals surface area contributed by atoms with Gasteiger partial charge in [0.05, 0.1) is 19.3 Å². The highest BCUT2D eigenvalue weighted by molar-refractivity contribution is 5.98. The quantitative estimate of drug-likeness (QED) is 0.606. The summed E-state index contributed by atoms with van der Waals surface area (Å²) in [6.45, 7) is 3.18. The van der Waals surface area contributed by atoms with Crippen LogP contribution in [0.5, 0.6) is 0 Å². The first-order valence-electron chi connectivity index (χ1n) is 8.87. The van der Waals surface area contributed by atoms with Crippen LogP contribution in [0.2, 0.25) is 0 Å². The fourth-order valence-corrected chi connectivity index (χ4v) is 2.27. The number of nitrogens with zero attached hydrogens (tertiary/aromatic N) is 1. The van der Waals surface area contributed by atoms with Crippen LogP contribution in [0.3, 0.4) is 0 Å². The van der Waals surface area contributed by atoms with Crippen LogP contribution in [0.1, 0.15) is 33.3 Å². The van der Waals surface area contributed by atoms with Gasteiger partial charge in [0.15, 0.2) is 0 Å². The van der Waals surface area contributed by atoms with E-state index < -0.39 is 0 Å². The first-order valence-corrected chi connectivity index (χ1v) is 8.87. The molecular formula is C20H24FN3O4. The van der Waals surface area contributed by atoms with Crippen LogP contribution in [-0.4, -0.2) is 49.7 Å². The van der Waals surface area contributed by atoms with Gasteiger partial charge in [-0.15, -0.1) is 0 Å². The van der Waals surface area contributed by atoms with Gasteiger partial charge in [0.1, 0.15) is 11.5 Å². The van der Waals surface area contributed by atoms with Gasteiger partial charge in [-0.25, -0.2) is 4.39 Å². The molecule has 0 saturated carbocycles. The van der Waals surface area contributed by atoms with Crippen molar-refractivity contribution in [3.8, 4) is 0 Å². The molecule has 2 aromatic rings. The Kier molecular flexibility index (Phi) is 8.51. The molecule has 2 N–H and O–H groups in total. The Hall–Kier alpha value is -2.84. The average Bonchev–Trinajstić information content (AvgIpc) is 2.71. The molecule has 0 spiro atoms. The van der Waals surface area contributed by atoms with Gasteiger partial charge in [-0.3, -0.25) is 14.6 Å². The van der Waals surface area contributed by atoms with Gasteiger partial charge in [0, 0.05) is 32.0 Å². The third kappa shape index (κ3) is 7.05. The van der Waals surface area contributed by atoms with Crippen molar-refractivity contribution in [2.24, 2.45) is 0 Å². The van der Waals surface area contributed by atoms with E-state index in [1.807, 2.05) is 6.92 Å². The highest BCUT2D eigenvalue weighted by Gasteiger charge is 2.12. The molecule has 0 fully saturated rings. The first-order chi connectivity index (χ1) is 13.5. The Bertz CT molecular complexity index is 783. The number of halogens is 1. The summed E-state index contributed by atoms with van der Waals surface area (Å²) in [5.41, 5.74) is 1.33. The summed E-state index contributed by atoms with van der Waals surface area (Å²) < 4.78 is 23.4. The molecule has 1 atom stereocenters. The number of carbonyl (C=O) groups excluding carboxylic acids is 2. The second-order valence-corrected chi connectivity index (χ2v) is 6.14. The molecule has 28 heavy (non-hydrogen) atoms. The number of hydrogen-bond donors (Lipinski definition) is 2. The summed E-state index contributed by atoms with van der Waals surface area (Å²) in [7, 11) is 1.54. The van der Waals surface area contributed by atoms with Crippen LogP contribution in [0.15, 0.2) is 42.6 Å². The zero-order chi connectivity index (χ0) is 20.4. The van der Waals surface area contributed by atoms with Crippen LogP contribution < -0.4 is 10.6 Å². The number of carbonyl (C=O) groups is 2. The maximum Gasteiger partial charge on any atom is 0.269 e. The molecule has 0 aliphatic rings. The maximum absolute atomic E-state index is 12.9. The van der Waals surface area contributed by atoms with E-state index in [2.05, 4.69) is 15.6 Å². The molecule has 0 radical (unpaired) electrons. The van der Waals surface area contributed by atoms with Crippen LogP contribution >= 0.6 is 0 Å². The third-order valence-electron chi connectivity index (χ3n) is 3.84. The predicted octanol–water partition coefficient (Wildman–Crippen LogP) is 1.93. The standard InChI is InChI=1S/C20H24FN3O4/c1-14(28-13-15-3-5-17(21)6-4-15)12-24-19(25)16-7-8-22-18(11-16)20(26)23-9-10-27-2/h3-8,11,14H,9-10,12-13H2,1-2H3,(H,23,26)(H,24,25). The lowest BCUT2D eigenvalue weighted by Gasteiger charge is -2.14. The Labute approximate surface area is 163 Å². The molecule has 0 aliphatic carbocycles. The summed E-state index contributed by atoms with van der Waals surface area (Å²) in [4.78, 5) is 28.3. The summed E-state index contributed by atoms with van der Waals surface area (Å²) in [5, 5.41) is 5.41. The van der Waals surface area contributed by atoms with Crippen molar-refractivity contribution in [1.29, 1.82) is 0 Å². The van der Waals surface area contributed by atoms with Gasteiger partial charge in [-0.05, 0) is 36.8 Å². The van der Waals surface area contributed by atoms with E-state index in [0.717, 1.165) is 5.56 Å². The number of aromatic nitrogens is 1. The maximum atomic E-state index is 12.9. The summed E-state index contributed by atoms with van der Waals surface area (Å²) in [5.74, 6) is -0.999. The largest absolute Gasteiger partial charge is 0.383 e. The zero-order valence-corrected chi connectivity index (χ0v) is 15.9. The van der Waals surface area contributed by atoms with Crippen molar-refractivity contribution in [3.05, 3.63) is 65.2 Å². The molecule has 2 rings (SSSR count). The third-order valence-corrected chi connectivity index (χ3v) is 3.84. The Morgan fingerprint density at radius 1 is 1.14 bits per heavy atom.